The standard InChI is InChI=1S/C27H28FNO2/c1-3-17-31-27-16-14-24(19-29-27)22-10-12-23(13-11-22)25-15-9-21(18-26(25)28)8-6-4-5-7-20(2)30/h3,6,8-16,18-20,30H,1,4-5,7,17H2,2H3. The van der Waals surface area contributed by atoms with Crippen LogP contribution in [0.15, 0.2) is 79.5 Å². The molecule has 0 radical (unpaired) electrons. The molecule has 0 amide bonds. The van der Waals surface area contributed by atoms with Gasteiger partial charge in [-0.15, -0.1) is 0 Å². The van der Waals surface area contributed by atoms with Crippen LogP contribution in [0.25, 0.3) is 28.3 Å². The Hall–Kier alpha value is -3.24. The van der Waals surface area contributed by atoms with E-state index in [-0.39, 0.29) is 11.9 Å². The highest BCUT2D eigenvalue weighted by Gasteiger charge is 2.07. The van der Waals surface area contributed by atoms with E-state index in [1.54, 1.807) is 25.3 Å². The summed E-state index contributed by atoms with van der Waals surface area (Å²) in [5.74, 6) is 0.309. The van der Waals surface area contributed by atoms with Crippen LogP contribution in [0.5, 0.6) is 5.88 Å². The summed E-state index contributed by atoms with van der Waals surface area (Å²) in [6.45, 7) is 5.83. The zero-order valence-electron chi connectivity index (χ0n) is 17.8. The monoisotopic (exact) mass is 417 g/mol. The average molecular weight is 418 g/mol. The van der Waals surface area contributed by atoms with Crippen LogP contribution in [-0.4, -0.2) is 22.8 Å². The van der Waals surface area contributed by atoms with Gasteiger partial charge in [-0.3, -0.25) is 0 Å². The van der Waals surface area contributed by atoms with Crippen molar-refractivity contribution in [1.82, 2.24) is 4.98 Å². The molecule has 0 aliphatic heterocycles. The van der Waals surface area contributed by atoms with Crippen molar-refractivity contribution in [1.29, 1.82) is 0 Å². The fourth-order valence-electron chi connectivity index (χ4n) is 3.24. The van der Waals surface area contributed by atoms with Gasteiger partial charge in [-0.05, 0) is 55.0 Å². The van der Waals surface area contributed by atoms with E-state index in [1.807, 2.05) is 60.7 Å². The van der Waals surface area contributed by atoms with Crippen LogP contribution < -0.4 is 4.74 Å². The largest absolute Gasteiger partial charge is 0.473 e. The highest BCUT2D eigenvalue weighted by atomic mass is 19.1. The molecule has 0 aliphatic rings. The lowest BCUT2D eigenvalue weighted by atomic mass is 9.99. The quantitative estimate of drug-likeness (QED) is 0.295. The molecule has 4 heteroatoms. The molecule has 2 aromatic carbocycles. The Labute approximate surface area is 183 Å². The summed E-state index contributed by atoms with van der Waals surface area (Å²) in [6, 6.07) is 16.8. The molecule has 31 heavy (non-hydrogen) atoms. The van der Waals surface area contributed by atoms with Crippen molar-refractivity contribution in [2.75, 3.05) is 6.61 Å². The fraction of sp³-hybridized carbons (Fsp3) is 0.222. The minimum Gasteiger partial charge on any atom is -0.473 e. The van der Waals surface area contributed by atoms with Gasteiger partial charge >= 0.3 is 0 Å². The number of aliphatic hydroxyl groups is 1. The first kappa shape index (κ1) is 22.4. The smallest absolute Gasteiger partial charge is 0.213 e. The van der Waals surface area contributed by atoms with Crippen LogP contribution in [0.4, 0.5) is 4.39 Å². The summed E-state index contributed by atoms with van der Waals surface area (Å²) in [5, 5.41) is 9.28. The summed E-state index contributed by atoms with van der Waals surface area (Å²) in [6.07, 6.45) is 9.67. The van der Waals surface area contributed by atoms with Gasteiger partial charge in [0.15, 0.2) is 0 Å². The number of ether oxygens (including phenoxy) is 1. The van der Waals surface area contributed by atoms with Gasteiger partial charge < -0.3 is 9.84 Å². The van der Waals surface area contributed by atoms with Gasteiger partial charge in [-0.2, -0.15) is 0 Å². The van der Waals surface area contributed by atoms with Gasteiger partial charge in [0.05, 0.1) is 6.10 Å². The Bertz CT molecular complexity index is 1010. The van der Waals surface area contributed by atoms with E-state index in [4.69, 9.17) is 4.74 Å². The van der Waals surface area contributed by atoms with Crippen molar-refractivity contribution in [3.05, 3.63) is 90.9 Å². The van der Waals surface area contributed by atoms with Crippen molar-refractivity contribution in [2.45, 2.75) is 32.3 Å². The third-order valence-corrected chi connectivity index (χ3v) is 4.91. The van der Waals surface area contributed by atoms with Crippen LogP contribution in [-0.2, 0) is 0 Å². The molecule has 0 aliphatic carbocycles. The highest BCUT2D eigenvalue weighted by Crippen LogP contribution is 2.28. The maximum absolute atomic E-state index is 14.7. The second-order valence-electron chi connectivity index (χ2n) is 7.48. The lowest BCUT2D eigenvalue weighted by Gasteiger charge is -2.08. The number of allylic oxidation sites excluding steroid dienone is 1. The van der Waals surface area contributed by atoms with Crippen LogP contribution >= 0.6 is 0 Å². The highest BCUT2D eigenvalue weighted by molar-refractivity contribution is 5.71. The molecular formula is C27H28FNO2. The summed E-state index contributed by atoms with van der Waals surface area (Å²) < 4.78 is 20.1. The van der Waals surface area contributed by atoms with E-state index in [0.717, 1.165) is 41.5 Å². The van der Waals surface area contributed by atoms with Gasteiger partial charge in [0.25, 0.3) is 0 Å². The number of benzene rings is 2. The summed E-state index contributed by atoms with van der Waals surface area (Å²) in [7, 11) is 0. The summed E-state index contributed by atoms with van der Waals surface area (Å²) in [4.78, 5) is 4.29. The first-order valence-corrected chi connectivity index (χ1v) is 10.5. The van der Waals surface area contributed by atoms with Crippen molar-refractivity contribution in [3.63, 3.8) is 0 Å². The third-order valence-electron chi connectivity index (χ3n) is 4.91. The molecule has 1 aromatic heterocycles. The van der Waals surface area contributed by atoms with Crippen molar-refractivity contribution < 1.29 is 14.2 Å². The number of aliphatic hydroxyl groups excluding tert-OH is 1. The predicted molar refractivity (Wildman–Crippen MR) is 125 cm³/mol. The van der Waals surface area contributed by atoms with E-state index in [0.29, 0.717) is 18.1 Å². The zero-order chi connectivity index (χ0) is 22.1. The van der Waals surface area contributed by atoms with Crippen molar-refractivity contribution in [2.24, 2.45) is 0 Å². The predicted octanol–water partition coefficient (Wildman–Crippen LogP) is 6.68. The third kappa shape index (κ3) is 6.63. The number of unbranched alkanes of at least 4 members (excludes halogenated alkanes) is 1. The molecule has 0 saturated carbocycles. The maximum atomic E-state index is 14.7. The van der Waals surface area contributed by atoms with Gasteiger partial charge in [0.2, 0.25) is 5.88 Å². The Balaban J connectivity index is 1.66. The number of hydrogen-bond acceptors (Lipinski definition) is 3. The van der Waals surface area contributed by atoms with E-state index in [2.05, 4.69) is 11.6 Å². The van der Waals surface area contributed by atoms with Crippen LogP contribution in [0.1, 0.15) is 31.7 Å². The SMILES string of the molecule is C=CCOc1ccc(-c2ccc(-c3ccc(C=CCCCC(C)O)cc3F)cc2)cn1. The normalized spacial score (nSPS) is 12.1. The van der Waals surface area contributed by atoms with E-state index in [1.165, 1.54) is 0 Å². The summed E-state index contributed by atoms with van der Waals surface area (Å²) in [5.41, 5.74) is 4.20. The molecule has 1 unspecified atom stereocenters. The molecular weight excluding hydrogens is 389 g/mol. The fourth-order valence-corrected chi connectivity index (χ4v) is 3.24. The first-order valence-electron chi connectivity index (χ1n) is 10.5. The minimum atomic E-state index is -0.275. The number of halogens is 1. The Morgan fingerprint density at radius 3 is 2.45 bits per heavy atom. The number of pyridine rings is 1. The van der Waals surface area contributed by atoms with Crippen molar-refractivity contribution >= 4 is 6.08 Å². The van der Waals surface area contributed by atoms with Gasteiger partial charge in [-0.25, -0.2) is 9.37 Å². The topological polar surface area (TPSA) is 42.4 Å². The molecule has 1 N–H and O–H groups in total. The second-order valence-corrected chi connectivity index (χ2v) is 7.48. The molecule has 0 saturated heterocycles. The molecule has 0 spiro atoms. The molecule has 3 nitrogen and oxygen atoms in total. The average Bonchev–Trinajstić information content (AvgIpc) is 2.78. The first-order chi connectivity index (χ1) is 15.1. The molecule has 1 heterocycles. The number of nitrogens with zero attached hydrogens (tertiary/aromatic N) is 1. The van der Waals surface area contributed by atoms with E-state index >= 15 is 0 Å². The molecule has 0 fully saturated rings. The maximum Gasteiger partial charge on any atom is 0.213 e. The number of aromatic nitrogens is 1. The lowest BCUT2D eigenvalue weighted by Crippen LogP contribution is -1.97. The summed E-state index contributed by atoms with van der Waals surface area (Å²) >= 11 is 0. The zero-order valence-corrected chi connectivity index (χ0v) is 17.8. The second kappa shape index (κ2) is 11.2. The number of rotatable bonds is 10. The molecule has 0 bridgehead atoms. The number of hydrogen-bond donors (Lipinski definition) is 1. The van der Waals surface area contributed by atoms with E-state index < -0.39 is 0 Å². The Morgan fingerprint density at radius 2 is 1.81 bits per heavy atom. The molecule has 3 aromatic rings. The molecule has 1 atom stereocenters. The van der Waals surface area contributed by atoms with Crippen molar-refractivity contribution in [3.8, 4) is 28.1 Å². The van der Waals surface area contributed by atoms with Crippen LogP contribution in [0.2, 0.25) is 0 Å². The van der Waals surface area contributed by atoms with Gasteiger partial charge in [0.1, 0.15) is 12.4 Å². The van der Waals surface area contributed by atoms with Gasteiger partial charge in [-0.1, -0.05) is 61.2 Å². The Morgan fingerprint density at radius 1 is 1.06 bits per heavy atom. The molecule has 3 rings (SSSR count). The minimum absolute atomic E-state index is 0.246. The molecule has 160 valence electrons. The Kier molecular flexibility index (Phi) is 8.13. The van der Waals surface area contributed by atoms with Gasteiger partial charge in [0, 0.05) is 23.4 Å². The lowest BCUT2D eigenvalue weighted by molar-refractivity contribution is 0.182. The van der Waals surface area contributed by atoms with E-state index in [9.17, 15) is 9.50 Å². The van der Waals surface area contributed by atoms with Crippen LogP contribution in [0, 0.1) is 5.82 Å². The van der Waals surface area contributed by atoms with Crippen LogP contribution in [0.3, 0.4) is 0 Å².